The Balaban J connectivity index is 1.81. The van der Waals surface area contributed by atoms with Gasteiger partial charge in [-0.2, -0.15) is 0 Å². The highest BCUT2D eigenvalue weighted by atomic mass is 16.5. The predicted molar refractivity (Wildman–Crippen MR) is 64.0 cm³/mol. The van der Waals surface area contributed by atoms with Gasteiger partial charge in [0.1, 0.15) is 11.9 Å². The van der Waals surface area contributed by atoms with Crippen molar-refractivity contribution in [2.75, 3.05) is 26.8 Å². The maximum absolute atomic E-state index is 5.80. The largest absolute Gasteiger partial charge is 0.487 e. The van der Waals surface area contributed by atoms with Gasteiger partial charge in [0.05, 0.1) is 13.2 Å². The molecule has 0 amide bonds. The van der Waals surface area contributed by atoms with Gasteiger partial charge < -0.3 is 14.8 Å². The molecule has 1 aromatic carbocycles. The van der Waals surface area contributed by atoms with Crippen LogP contribution in [0.3, 0.4) is 0 Å². The predicted octanol–water partition coefficient (Wildman–Crippen LogP) is 1.53. The quantitative estimate of drug-likeness (QED) is 0.765. The van der Waals surface area contributed by atoms with Crippen LogP contribution in [0.1, 0.15) is 11.1 Å². The van der Waals surface area contributed by atoms with E-state index < -0.39 is 0 Å². The second kappa shape index (κ2) is 5.32. The number of fused-ring (bicyclic) bond motifs is 1. The average molecular weight is 221 g/mol. The average Bonchev–Trinajstić information content (AvgIpc) is 2.66. The van der Waals surface area contributed by atoms with Gasteiger partial charge in [-0.25, -0.2) is 0 Å². The number of hydrogen-bond donors (Lipinski definition) is 1. The van der Waals surface area contributed by atoms with Crippen molar-refractivity contribution in [2.24, 2.45) is 0 Å². The van der Waals surface area contributed by atoms with E-state index in [0.717, 1.165) is 25.3 Å². The van der Waals surface area contributed by atoms with Crippen molar-refractivity contribution in [3.63, 3.8) is 0 Å². The second-order valence-corrected chi connectivity index (χ2v) is 4.23. The number of aryl methyl sites for hydroxylation is 1. The lowest BCUT2D eigenvalue weighted by Gasteiger charge is -2.10. The van der Waals surface area contributed by atoms with Gasteiger partial charge in [0.2, 0.25) is 0 Å². The molecule has 0 saturated carbocycles. The molecule has 0 radical (unpaired) electrons. The number of ether oxygens (including phenoxy) is 2. The first-order valence-corrected chi connectivity index (χ1v) is 5.78. The first-order chi connectivity index (χ1) is 7.79. The SMILES string of the molecule is CNCCOCC1Cc2cc(C)ccc2O1. The first-order valence-electron chi connectivity index (χ1n) is 5.78. The summed E-state index contributed by atoms with van der Waals surface area (Å²) in [6.07, 6.45) is 1.16. The van der Waals surface area contributed by atoms with E-state index in [1.807, 2.05) is 7.05 Å². The zero-order chi connectivity index (χ0) is 11.4. The summed E-state index contributed by atoms with van der Waals surface area (Å²) in [4.78, 5) is 0. The first kappa shape index (κ1) is 11.4. The van der Waals surface area contributed by atoms with Crippen LogP contribution >= 0.6 is 0 Å². The van der Waals surface area contributed by atoms with E-state index in [2.05, 4.69) is 30.4 Å². The Morgan fingerprint density at radius 2 is 2.38 bits per heavy atom. The van der Waals surface area contributed by atoms with Crippen LogP contribution in [0.5, 0.6) is 5.75 Å². The normalized spacial score (nSPS) is 18.2. The second-order valence-electron chi connectivity index (χ2n) is 4.23. The maximum atomic E-state index is 5.80. The standard InChI is InChI=1S/C13H19NO2/c1-10-3-4-13-11(7-10)8-12(16-13)9-15-6-5-14-2/h3-4,7,12,14H,5-6,8-9H2,1-2H3. The topological polar surface area (TPSA) is 30.5 Å². The molecule has 0 saturated heterocycles. The molecule has 16 heavy (non-hydrogen) atoms. The molecule has 1 heterocycles. The minimum Gasteiger partial charge on any atom is -0.487 e. The van der Waals surface area contributed by atoms with E-state index in [4.69, 9.17) is 9.47 Å². The van der Waals surface area contributed by atoms with Gasteiger partial charge in [0.15, 0.2) is 0 Å². The van der Waals surface area contributed by atoms with Crippen LogP contribution in [-0.4, -0.2) is 32.9 Å². The van der Waals surface area contributed by atoms with Crippen molar-refractivity contribution in [2.45, 2.75) is 19.4 Å². The molecule has 0 fully saturated rings. The molecule has 88 valence electrons. The molecule has 1 N–H and O–H groups in total. The molecule has 0 aromatic heterocycles. The van der Waals surface area contributed by atoms with Crippen molar-refractivity contribution in [3.05, 3.63) is 29.3 Å². The molecule has 1 aromatic rings. The summed E-state index contributed by atoms with van der Waals surface area (Å²) in [5, 5.41) is 3.05. The lowest BCUT2D eigenvalue weighted by atomic mass is 10.1. The molecule has 2 rings (SSSR count). The molecule has 1 aliphatic rings. The fourth-order valence-corrected chi connectivity index (χ4v) is 1.93. The van der Waals surface area contributed by atoms with Gasteiger partial charge in [-0.1, -0.05) is 17.7 Å². The lowest BCUT2D eigenvalue weighted by molar-refractivity contribution is 0.0626. The summed E-state index contributed by atoms with van der Waals surface area (Å²) in [6.45, 7) is 4.41. The van der Waals surface area contributed by atoms with Crippen molar-refractivity contribution in [3.8, 4) is 5.75 Å². The van der Waals surface area contributed by atoms with Crippen molar-refractivity contribution < 1.29 is 9.47 Å². The highest BCUT2D eigenvalue weighted by Crippen LogP contribution is 2.29. The van der Waals surface area contributed by atoms with Crippen molar-refractivity contribution in [1.29, 1.82) is 0 Å². The van der Waals surface area contributed by atoms with E-state index in [9.17, 15) is 0 Å². The summed E-state index contributed by atoms with van der Waals surface area (Å²) in [6, 6.07) is 6.34. The highest BCUT2D eigenvalue weighted by molar-refractivity contribution is 5.40. The van der Waals surface area contributed by atoms with E-state index in [-0.39, 0.29) is 6.10 Å². The van der Waals surface area contributed by atoms with E-state index in [1.54, 1.807) is 0 Å². The van der Waals surface area contributed by atoms with Gasteiger partial charge in [-0.15, -0.1) is 0 Å². The van der Waals surface area contributed by atoms with Crippen LogP contribution in [0.15, 0.2) is 18.2 Å². The molecule has 3 heteroatoms. The molecule has 1 atom stereocenters. The monoisotopic (exact) mass is 221 g/mol. The van der Waals surface area contributed by atoms with Gasteiger partial charge in [-0.3, -0.25) is 0 Å². The smallest absolute Gasteiger partial charge is 0.126 e. The molecule has 1 aliphatic heterocycles. The van der Waals surface area contributed by atoms with E-state index in [0.29, 0.717) is 6.61 Å². The van der Waals surface area contributed by atoms with Crippen LogP contribution in [-0.2, 0) is 11.2 Å². The van der Waals surface area contributed by atoms with Gasteiger partial charge in [-0.05, 0) is 25.6 Å². The van der Waals surface area contributed by atoms with E-state index >= 15 is 0 Å². The Morgan fingerprint density at radius 1 is 1.50 bits per heavy atom. The van der Waals surface area contributed by atoms with Crippen molar-refractivity contribution in [1.82, 2.24) is 5.32 Å². The third kappa shape index (κ3) is 2.74. The molecule has 0 aliphatic carbocycles. The van der Waals surface area contributed by atoms with Crippen LogP contribution in [0, 0.1) is 6.92 Å². The Bertz CT molecular complexity index is 352. The molecule has 3 nitrogen and oxygen atoms in total. The maximum Gasteiger partial charge on any atom is 0.126 e. The van der Waals surface area contributed by atoms with Crippen LogP contribution in [0.25, 0.3) is 0 Å². The lowest BCUT2D eigenvalue weighted by Crippen LogP contribution is -2.23. The summed E-state index contributed by atoms with van der Waals surface area (Å²) < 4.78 is 11.3. The number of likely N-dealkylation sites (N-methyl/N-ethyl adjacent to an activating group) is 1. The summed E-state index contributed by atoms with van der Waals surface area (Å²) in [5.74, 6) is 1.02. The summed E-state index contributed by atoms with van der Waals surface area (Å²) in [7, 11) is 1.92. The minimum absolute atomic E-state index is 0.189. The van der Waals surface area contributed by atoms with Crippen LogP contribution < -0.4 is 10.1 Å². The van der Waals surface area contributed by atoms with Gasteiger partial charge >= 0.3 is 0 Å². The molecule has 1 unspecified atom stereocenters. The summed E-state index contributed by atoms with van der Waals surface area (Å²) >= 11 is 0. The Kier molecular flexibility index (Phi) is 3.80. The zero-order valence-corrected chi connectivity index (χ0v) is 9.95. The number of rotatable bonds is 5. The number of nitrogens with one attached hydrogen (secondary N) is 1. The third-order valence-corrected chi connectivity index (χ3v) is 2.76. The highest BCUT2D eigenvalue weighted by Gasteiger charge is 2.22. The Morgan fingerprint density at radius 3 is 3.19 bits per heavy atom. The number of hydrogen-bond acceptors (Lipinski definition) is 3. The Labute approximate surface area is 96.8 Å². The van der Waals surface area contributed by atoms with E-state index in [1.165, 1.54) is 11.1 Å². The Hall–Kier alpha value is -1.06. The molecular formula is C13H19NO2. The van der Waals surface area contributed by atoms with Crippen LogP contribution in [0.4, 0.5) is 0 Å². The molecule has 0 bridgehead atoms. The molecule has 0 spiro atoms. The third-order valence-electron chi connectivity index (χ3n) is 2.76. The zero-order valence-electron chi connectivity index (χ0n) is 9.95. The van der Waals surface area contributed by atoms with Gasteiger partial charge in [0.25, 0.3) is 0 Å². The molecular weight excluding hydrogens is 202 g/mol. The fraction of sp³-hybridized carbons (Fsp3) is 0.538. The van der Waals surface area contributed by atoms with Gasteiger partial charge in [0, 0.05) is 13.0 Å². The number of benzene rings is 1. The van der Waals surface area contributed by atoms with Crippen LogP contribution in [0.2, 0.25) is 0 Å². The van der Waals surface area contributed by atoms with Crippen molar-refractivity contribution >= 4 is 0 Å². The fourth-order valence-electron chi connectivity index (χ4n) is 1.93. The minimum atomic E-state index is 0.189. The summed E-state index contributed by atoms with van der Waals surface area (Å²) in [5.41, 5.74) is 2.60.